The molecule has 1 heterocycles. The summed E-state index contributed by atoms with van der Waals surface area (Å²) < 4.78 is 4.74. The van der Waals surface area contributed by atoms with E-state index in [0.717, 1.165) is 0 Å². The van der Waals surface area contributed by atoms with Crippen molar-refractivity contribution >= 4 is 16.9 Å². The molecule has 0 saturated carbocycles. The second kappa shape index (κ2) is 2.48. The third kappa shape index (κ3) is 1.10. The maximum Gasteiger partial charge on any atom is 0.335 e. The van der Waals surface area contributed by atoms with Gasteiger partial charge in [0.25, 0.3) is 5.56 Å². The summed E-state index contributed by atoms with van der Waals surface area (Å²) in [6, 6.07) is 4.08. The summed E-state index contributed by atoms with van der Waals surface area (Å²) in [7, 11) is 0. The van der Waals surface area contributed by atoms with Crippen molar-refractivity contribution in [3.8, 4) is 0 Å². The van der Waals surface area contributed by atoms with E-state index in [9.17, 15) is 9.59 Å². The Labute approximate surface area is 71.6 Å². The van der Waals surface area contributed by atoms with Gasteiger partial charge < -0.3 is 9.63 Å². The minimum atomic E-state index is -1.05. The van der Waals surface area contributed by atoms with Crippen molar-refractivity contribution in [2.45, 2.75) is 0 Å². The fourth-order valence-corrected chi connectivity index (χ4v) is 1.08. The molecule has 0 aliphatic rings. The first-order valence-electron chi connectivity index (χ1n) is 3.53. The number of carbonyl (C=O) groups is 1. The number of aromatic carboxylic acids is 1. The molecule has 5 heteroatoms. The van der Waals surface area contributed by atoms with Crippen LogP contribution in [-0.2, 0) is 0 Å². The molecule has 1 aromatic carbocycles. The van der Waals surface area contributed by atoms with E-state index in [4.69, 9.17) is 9.63 Å². The summed E-state index contributed by atoms with van der Waals surface area (Å²) in [5.41, 5.74) is -0.00733. The fraction of sp³-hybridized carbons (Fsp3) is 0. The first-order chi connectivity index (χ1) is 6.18. The van der Waals surface area contributed by atoms with Crippen LogP contribution in [0.1, 0.15) is 10.4 Å². The van der Waals surface area contributed by atoms with Crippen molar-refractivity contribution in [3.05, 3.63) is 34.1 Å². The monoisotopic (exact) mass is 179 g/mol. The van der Waals surface area contributed by atoms with Crippen molar-refractivity contribution in [1.29, 1.82) is 0 Å². The number of aromatic amines is 1. The van der Waals surface area contributed by atoms with Gasteiger partial charge >= 0.3 is 5.97 Å². The Balaban J connectivity index is 2.77. The molecular formula is C8H5NO4. The lowest BCUT2D eigenvalue weighted by Crippen LogP contribution is -1.98. The van der Waals surface area contributed by atoms with Crippen LogP contribution < -0.4 is 5.56 Å². The van der Waals surface area contributed by atoms with E-state index in [1.165, 1.54) is 18.2 Å². The van der Waals surface area contributed by atoms with Gasteiger partial charge in [0.2, 0.25) is 0 Å². The molecule has 0 aliphatic carbocycles. The molecule has 0 spiro atoms. The van der Waals surface area contributed by atoms with E-state index in [-0.39, 0.29) is 16.7 Å². The fourth-order valence-electron chi connectivity index (χ4n) is 1.08. The number of hydrogen-bond acceptors (Lipinski definition) is 3. The normalized spacial score (nSPS) is 10.5. The van der Waals surface area contributed by atoms with Gasteiger partial charge in [0, 0.05) is 0 Å². The van der Waals surface area contributed by atoms with Crippen molar-refractivity contribution in [1.82, 2.24) is 5.16 Å². The van der Waals surface area contributed by atoms with E-state index in [1.54, 1.807) is 0 Å². The van der Waals surface area contributed by atoms with Crippen LogP contribution in [0.15, 0.2) is 27.5 Å². The van der Waals surface area contributed by atoms with E-state index < -0.39 is 5.97 Å². The zero-order valence-electron chi connectivity index (χ0n) is 6.40. The Hall–Kier alpha value is -2.04. The molecular weight excluding hydrogens is 174 g/mol. The lowest BCUT2D eigenvalue weighted by molar-refractivity contribution is 0.0697. The van der Waals surface area contributed by atoms with Crippen LogP contribution in [0.25, 0.3) is 11.0 Å². The molecule has 13 heavy (non-hydrogen) atoms. The number of aromatic nitrogens is 1. The lowest BCUT2D eigenvalue weighted by Gasteiger charge is -1.90. The summed E-state index contributed by atoms with van der Waals surface area (Å²) in [6.07, 6.45) is 0. The maximum atomic E-state index is 11.0. The van der Waals surface area contributed by atoms with Gasteiger partial charge in [0.15, 0.2) is 5.58 Å². The molecule has 0 aliphatic heterocycles. The van der Waals surface area contributed by atoms with Crippen LogP contribution in [0.5, 0.6) is 0 Å². The van der Waals surface area contributed by atoms with Crippen LogP contribution in [0.3, 0.4) is 0 Å². The van der Waals surface area contributed by atoms with E-state index in [2.05, 4.69) is 5.16 Å². The summed E-state index contributed by atoms with van der Waals surface area (Å²) >= 11 is 0. The molecule has 0 amide bonds. The predicted molar refractivity (Wildman–Crippen MR) is 43.8 cm³/mol. The van der Waals surface area contributed by atoms with Crippen LogP contribution in [0.4, 0.5) is 0 Å². The maximum absolute atomic E-state index is 11.0. The van der Waals surface area contributed by atoms with Crippen LogP contribution in [0.2, 0.25) is 0 Å². The third-order valence-electron chi connectivity index (χ3n) is 1.73. The molecule has 2 N–H and O–H groups in total. The lowest BCUT2D eigenvalue weighted by atomic mass is 10.2. The van der Waals surface area contributed by atoms with Gasteiger partial charge in [-0.15, -0.1) is 0 Å². The molecule has 0 atom stereocenters. The molecule has 66 valence electrons. The molecule has 0 radical (unpaired) electrons. The molecule has 2 rings (SSSR count). The smallest absolute Gasteiger partial charge is 0.335 e. The Morgan fingerprint density at radius 3 is 2.92 bits per heavy atom. The third-order valence-corrected chi connectivity index (χ3v) is 1.73. The molecule has 1 aromatic heterocycles. The topological polar surface area (TPSA) is 83.3 Å². The number of hydrogen-bond donors (Lipinski definition) is 2. The highest BCUT2D eigenvalue weighted by Gasteiger charge is 2.07. The number of rotatable bonds is 1. The van der Waals surface area contributed by atoms with Gasteiger partial charge in [0.1, 0.15) is 0 Å². The first-order valence-corrected chi connectivity index (χ1v) is 3.53. The SMILES string of the molecule is O=C(O)c1ccc2c(=O)[nH]oc2c1. The Kier molecular flexibility index (Phi) is 1.45. The highest BCUT2D eigenvalue weighted by atomic mass is 16.5. The standard InChI is InChI=1S/C8H5NO4/c10-7-5-2-1-4(8(11)12)3-6(5)13-9-7/h1-3H,(H,9,10)(H,11,12). The van der Waals surface area contributed by atoms with Gasteiger partial charge in [-0.3, -0.25) is 4.79 Å². The molecule has 0 bridgehead atoms. The highest BCUT2D eigenvalue weighted by Crippen LogP contribution is 2.11. The van der Waals surface area contributed by atoms with E-state index >= 15 is 0 Å². The van der Waals surface area contributed by atoms with Crippen LogP contribution >= 0.6 is 0 Å². The Bertz CT molecular complexity index is 522. The van der Waals surface area contributed by atoms with Crippen molar-refractivity contribution in [2.24, 2.45) is 0 Å². The number of fused-ring (bicyclic) bond motifs is 1. The van der Waals surface area contributed by atoms with Gasteiger partial charge in [-0.25, -0.2) is 4.79 Å². The zero-order valence-corrected chi connectivity index (χ0v) is 6.40. The van der Waals surface area contributed by atoms with Crippen LogP contribution in [-0.4, -0.2) is 16.2 Å². The van der Waals surface area contributed by atoms with Gasteiger partial charge in [-0.05, 0) is 18.2 Å². The average Bonchev–Trinajstić information content (AvgIpc) is 2.47. The van der Waals surface area contributed by atoms with E-state index in [1.807, 2.05) is 0 Å². The largest absolute Gasteiger partial charge is 0.478 e. The summed E-state index contributed by atoms with van der Waals surface area (Å²) in [5.74, 6) is -1.05. The number of H-pyrrole nitrogens is 1. The number of carboxylic acids is 1. The summed E-state index contributed by atoms with van der Waals surface area (Å²) in [4.78, 5) is 21.5. The molecule has 0 unspecified atom stereocenters. The predicted octanol–water partition coefficient (Wildman–Crippen LogP) is 0.819. The first kappa shape index (κ1) is 7.60. The Morgan fingerprint density at radius 1 is 1.46 bits per heavy atom. The number of benzene rings is 1. The average molecular weight is 179 g/mol. The van der Waals surface area contributed by atoms with E-state index in [0.29, 0.717) is 5.39 Å². The summed E-state index contributed by atoms with van der Waals surface area (Å²) in [6.45, 7) is 0. The van der Waals surface area contributed by atoms with Gasteiger partial charge in [0.05, 0.1) is 10.9 Å². The Morgan fingerprint density at radius 2 is 2.23 bits per heavy atom. The minimum Gasteiger partial charge on any atom is -0.478 e. The minimum absolute atomic E-state index is 0.0928. The summed E-state index contributed by atoms with van der Waals surface area (Å²) in [5, 5.41) is 11.1. The van der Waals surface area contributed by atoms with Crippen molar-refractivity contribution in [2.75, 3.05) is 0 Å². The zero-order chi connectivity index (χ0) is 9.42. The second-order valence-electron chi connectivity index (χ2n) is 2.55. The van der Waals surface area contributed by atoms with Gasteiger partial charge in [-0.1, -0.05) is 0 Å². The highest BCUT2D eigenvalue weighted by molar-refractivity contribution is 5.92. The van der Waals surface area contributed by atoms with Crippen molar-refractivity contribution in [3.63, 3.8) is 0 Å². The molecule has 0 fully saturated rings. The van der Waals surface area contributed by atoms with Gasteiger partial charge in [-0.2, -0.15) is 5.16 Å². The molecule has 0 saturated heterocycles. The molecule has 2 aromatic rings. The molecule has 5 nitrogen and oxygen atoms in total. The second-order valence-corrected chi connectivity index (χ2v) is 2.55. The quantitative estimate of drug-likeness (QED) is 0.678. The number of nitrogens with one attached hydrogen (secondary N) is 1. The number of carboxylic acid groups (broad SMARTS) is 1. The van der Waals surface area contributed by atoms with Crippen LogP contribution in [0, 0.1) is 0 Å². The van der Waals surface area contributed by atoms with Crippen molar-refractivity contribution < 1.29 is 14.4 Å².